The topological polar surface area (TPSA) is 40.5 Å². The van der Waals surface area contributed by atoms with Gasteiger partial charge >= 0.3 is 0 Å². The molecule has 0 aromatic heterocycles. The van der Waals surface area contributed by atoms with Crippen LogP contribution in [0, 0.1) is 5.92 Å². The van der Waals surface area contributed by atoms with Gasteiger partial charge in [0.2, 0.25) is 5.91 Å². The second kappa shape index (κ2) is 8.18. The molecular weight excluding hydrogens is 262 g/mol. The second-order valence-corrected chi connectivity index (χ2v) is 6.08. The van der Waals surface area contributed by atoms with E-state index in [0.717, 1.165) is 24.9 Å². The van der Waals surface area contributed by atoms with Crippen LogP contribution in [0.5, 0.6) is 0 Å². The number of aliphatic hydroxyl groups is 1. The number of nitrogens with zero attached hydrogens (tertiary/aromatic N) is 1. The van der Waals surface area contributed by atoms with Gasteiger partial charge in [-0.25, -0.2) is 0 Å². The van der Waals surface area contributed by atoms with E-state index < -0.39 is 6.10 Å². The van der Waals surface area contributed by atoms with Gasteiger partial charge in [0.15, 0.2) is 0 Å². The van der Waals surface area contributed by atoms with Crippen molar-refractivity contribution in [2.24, 2.45) is 5.92 Å². The molecule has 21 heavy (non-hydrogen) atoms. The van der Waals surface area contributed by atoms with Crippen LogP contribution < -0.4 is 0 Å². The van der Waals surface area contributed by atoms with Crippen LogP contribution in [0.1, 0.15) is 57.1 Å². The molecule has 1 aliphatic heterocycles. The number of likely N-dealkylation sites (tertiary alicyclic amines) is 1. The highest BCUT2D eigenvalue weighted by Crippen LogP contribution is 2.24. The average Bonchev–Trinajstić information content (AvgIpc) is 2.69. The number of aliphatic hydroxyl groups excluding tert-OH is 1. The molecule has 0 aliphatic carbocycles. The first kappa shape index (κ1) is 16.0. The van der Waals surface area contributed by atoms with Crippen LogP contribution in [0.25, 0.3) is 0 Å². The molecule has 2 rings (SSSR count). The molecule has 1 heterocycles. The lowest BCUT2D eigenvalue weighted by Gasteiger charge is -2.22. The Bertz CT molecular complexity index is 432. The van der Waals surface area contributed by atoms with Crippen LogP contribution in [0.2, 0.25) is 0 Å². The molecular formula is C18H27NO2. The molecule has 0 spiro atoms. The van der Waals surface area contributed by atoms with Gasteiger partial charge in [-0.1, -0.05) is 50.1 Å². The minimum atomic E-state index is -0.478. The van der Waals surface area contributed by atoms with E-state index in [9.17, 15) is 9.90 Å². The molecule has 1 aromatic rings. The predicted molar refractivity (Wildman–Crippen MR) is 84.8 cm³/mol. The first-order valence-corrected chi connectivity index (χ1v) is 8.21. The second-order valence-electron chi connectivity index (χ2n) is 6.08. The van der Waals surface area contributed by atoms with E-state index in [1.165, 1.54) is 12.8 Å². The molecule has 0 saturated carbocycles. The average molecular weight is 289 g/mol. The number of carbonyl (C=O) groups excluding carboxylic acids is 1. The van der Waals surface area contributed by atoms with Crippen molar-refractivity contribution in [1.82, 2.24) is 4.90 Å². The molecule has 0 bridgehead atoms. The molecule has 2 atom stereocenters. The Morgan fingerprint density at radius 1 is 1.29 bits per heavy atom. The fourth-order valence-electron chi connectivity index (χ4n) is 3.15. The quantitative estimate of drug-likeness (QED) is 0.870. The normalized spacial score (nSPS) is 21.1. The summed E-state index contributed by atoms with van der Waals surface area (Å²) in [6, 6.07) is 9.69. The summed E-state index contributed by atoms with van der Waals surface area (Å²) in [7, 11) is 0. The maximum Gasteiger partial charge on any atom is 0.222 e. The van der Waals surface area contributed by atoms with Crippen molar-refractivity contribution in [3.05, 3.63) is 35.9 Å². The first-order chi connectivity index (χ1) is 10.2. The SMILES string of the molecule is CCCC1CCC(=O)N(CCC(O)c2ccccc2)CC1. The Morgan fingerprint density at radius 3 is 2.76 bits per heavy atom. The van der Waals surface area contributed by atoms with Crippen molar-refractivity contribution in [1.29, 1.82) is 0 Å². The Hall–Kier alpha value is -1.35. The van der Waals surface area contributed by atoms with Gasteiger partial charge in [0.05, 0.1) is 6.10 Å². The van der Waals surface area contributed by atoms with Gasteiger partial charge in [0, 0.05) is 19.5 Å². The molecule has 2 unspecified atom stereocenters. The van der Waals surface area contributed by atoms with Gasteiger partial charge < -0.3 is 10.0 Å². The highest BCUT2D eigenvalue weighted by molar-refractivity contribution is 5.76. The molecule has 1 aromatic carbocycles. The van der Waals surface area contributed by atoms with Crippen molar-refractivity contribution in [2.45, 2.75) is 51.6 Å². The molecule has 0 radical (unpaired) electrons. The van der Waals surface area contributed by atoms with Gasteiger partial charge in [-0.3, -0.25) is 4.79 Å². The number of rotatable bonds is 6. The number of carbonyl (C=O) groups is 1. The van der Waals surface area contributed by atoms with Crippen molar-refractivity contribution < 1.29 is 9.90 Å². The monoisotopic (exact) mass is 289 g/mol. The highest BCUT2D eigenvalue weighted by atomic mass is 16.3. The zero-order valence-electron chi connectivity index (χ0n) is 13.0. The smallest absolute Gasteiger partial charge is 0.222 e. The zero-order valence-corrected chi connectivity index (χ0v) is 13.0. The Kier molecular flexibility index (Phi) is 6.24. The molecule has 1 N–H and O–H groups in total. The fraction of sp³-hybridized carbons (Fsp3) is 0.611. The maximum atomic E-state index is 12.2. The number of amides is 1. The van der Waals surface area contributed by atoms with Gasteiger partial charge in [0.25, 0.3) is 0 Å². The summed E-state index contributed by atoms with van der Waals surface area (Å²) >= 11 is 0. The molecule has 1 saturated heterocycles. The third-order valence-electron chi connectivity index (χ3n) is 4.48. The van der Waals surface area contributed by atoms with Crippen molar-refractivity contribution in [2.75, 3.05) is 13.1 Å². The summed E-state index contributed by atoms with van der Waals surface area (Å²) in [5.74, 6) is 0.955. The lowest BCUT2D eigenvalue weighted by atomic mass is 9.96. The summed E-state index contributed by atoms with van der Waals surface area (Å²) in [6.45, 7) is 3.72. The van der Waals surface area contributed by atoms with Gasteiger partial charge in [-0.15, -0.1) is 0 Å². The predicted octanol–water partition coefficient (Wildman–Crippen LogP) is 3.54. The summed E-state index contributed by atoms with van der Waals surface area (Å²) < 4.78 is 0. The summed E-state index contributed by atoms with van der Waals surface area (Å²) in [4.78, 5) is 14.1. The Morgan fingerprint density at radius 2 is 2.05 bits per heavy atom. The first-order valence-electron chi connectivity index (χ1n) is 8.21. The van der Waals surface area contributed by atoms with E-state index in [1.54, 1.807) is 0 Å². The number of benzene rings is 1. The Labute approximate surface area is 128 Å². The van der Waals surface area contributed by atoms with Crippen molar-refractivity contribution in [3.63, 3.8) is 0 Å². The molecule has 1 fully saturated rings. The maximum absolute atomic E-state index is 12.2. The van der Waals surface area contributed by atoms with Crippen LogP contribution in [-0.4, -0.2) is 29.0 Å². The third kappa shape index (κ3) is 4.85. The minimum Gasteiger partial charge on any atom is -0.388 e. The van der Waals surface area contributed by atoms with Crippen molar-refractivity contribution >= 4 is 5.91 Å². The van der Waals surface area contributed by atoms with Crippen LogP contribution >= 0.6 is 0 Å². The van der Waals surface area contributed by atoms with E-state index >= 15 is 0 Å². The zero-order chi connectivity index (χ0) is 15.1. The summed E-state index contributed by atoms with van der Waals surface area (Å²) in [6.07, 6.45) is 5.39. The lowest BCUT2D eigenvalue weighted by molar-refractivity contribution is -0.131. The van der Waals surface area contributed by atoms with Crippen molar-refractivity contribution in [3.8, 4) is 0 Å². The van der Waals surface area contributed by atoms with E-state index in [2.05, 4.69) is 6.92 Å². The van der Waals surface area contributed by atoms with E-state index in [4.69, 9.17) is 0 Å². The number of hydrogen-bond donors (Lipinski definition) is 1. The van der Waals surface area contributed by atoms with E-state index in [1.807, 2.05) is 35.2 Å². The van der Waals surface area contributed by atoms with Crippen LogP contribution in [-0.2, 0) is 4.79 Å². The Balaban J connectivity index is 1.83. The highest BCUT2D eigenvalue weighted by Gasteiger charge is 2.22. The largest absolute Gasteiger partial charge is 0.388 e. The molecule has 3 nitrogen and oxygen atoms in total. The standard InChI is InChI=1S/C18H27NO2/c1-2-6-15-9-10-18(21)19(13-11-15)14-12-17(20)16-7-4-3-5-8-16/h3-5,7-8,15,17,20H,2,6,9-14H2,1H3. The van der Waals surface area contributed by atoms with Crippen LogP contribution in [0.15, 0.2) is 30.3 Å². The summed E-state index contributed by atoms with van der Waals surface area (Å²) in [5, 5.41) is 10.2. The minimum absolute atomic E-state index is 0.258. The van der Waals surface area contributed by atoms with E-state index in [0.29, 0.717) is 25.3 Å². The van der Waals surface area contributed by atoms with Crippen LogP contribution in [0.3, 0.4) is 0 Å². The summed E-state index contributed by atoms with van der Waals surface area (Å²) in [5.41, 5.74) is 0.934. The number of hydrogen-bond acceptors (Lipinski definition) is 2. The fourth-order valence-corrected chi connectivity index (χ4v) is 3.15. The van der Waals surface area contributed by atoms with E-state index in [-0.39, 0.29) is 5.91 Å². The molecule has 1 amide bonds. The van der Waals surface area contributed by atoms with Crippen LogP contribution in [0.4, 0.5) is 0 Å². The molecule has 1 aliphatic rings. The third-order valence-corrected chi connectivity index (χ3v) is 4.48. The molecule has 116 valence electrons. The van der Waals surface area contributed by atoms with Gasteiger partial charge in [-0.05, 0) is 30.7 Å². The van der Waals surface area contributed by atoms with Gasteiger partial charge in [0.1, 0.15) is 0 Å². The lowest BCUT2D eigenvalue weighted by Crippen LogP contribution is -2.32. The van der Waals surface area contributed by atoms with Gasteiger partial charge in [-0.2, -0.15) is 0 Å². The molecule has 3 heteroatoms.